The highest BCUT2D eigenvalue weighted by molar-refractivity contribution is 8.03. The predicted molar refractivity (Wildman–Crippen MR) is 59.6 cm³/mol. The minimum absolute atomic E-state index is 0.428. The Hall–Kier alpha value is -1.62. The average molecular weight is 238 g/mol. The van der Waals surface area contributed by atoms with Gasteiger partial charge < -0.3 is 14.2 Å². The molecule has 0 aromatic heterocycles. The number of thioether (sulfide) groups is 1. The minimum atomic E-state index is -0.428. The van der Waals surface area contributed by atoms with Gasteiger partial charge in [-0.1, -0.05) is 0 Å². The molecule has 0 radical (unpaired) electrons. The summed E-state index contributed by atoms with van der Waals surface area (Å²) >= 11 is 1.38. The quantitative estimate of drug-likeness (QED) is 0.583. The molecule has 4 nitrogen and oxygen atoms in total. The number of rotatable bonds is 2. The molecule has 0 N–H and O–H groups in total. The predicted octanol–water partition coefficient (Wildman–Crippen LogP) is 2.19. The Bertz CT molecular complexity index is 453. The average Bonchev–Trinajstić information content (AvgIpc) is 2.69. The maximum absolute atomic E-state index is 11.0. The van der Waals surface area contributed by atoms with Gasteiger partial charge in [0.25, 0.3) is 0 Å². The van der Waals surface area contributed by atoms with E-state index in [4.69, 9.17) is 9.47 Å². The number of hydrogen-bond acceptors (Lipinski definition) is 5. The summed E-state index contributed by atoms with van der Waals surface area (Å²) in [5.74, 6) is 0.987. The van der Waals surface area contributed by atoms with Crippen LogP contribution in [0.5, 0.6) is 11.5 Å². The molecule has 5 heteroatoms. The Morgan fingerprint density at radius 3 is 2.94 bits per heavy atom. The second-order valence-electron chi connectivity index (χ2n) is 3.00. The fourth-order valence-corrected chi connectivity index (χ4v) is 2.07. The van der Waals surface area contributed by atoms with Crippen LogP contribution in [0.3, 0.4) is 0 Å². The Morgan fingerprint density at radius 1 is 1.44 bits per heavy atom. The third kappa shape index (κ3) is 2.14. The van der Waals surface area contributed by atoms with E-state index in [-0.39, 0.29) is 0 Å². The minimum Gasteiger partial charge on any atom is -0.497 e. The normalized spacial score (nSPS) is 15.5. The summed E-state index contributed by atoms with van der Waals surface area (Å²) in [6.45, 7) is 0. The van der Waals surface area contributed by atoms with Crippen LogP contribution in [0.15, 0.2) is 34.3 Å². The van der Waals surface area contributed by atoms with Crippen molar-refractivity contribution in [1.29, 1.82) is 0 Å². The lowest BCUT2D eigenvalue weighted by molar-refractivity contribution is -0.134. The number of ether oxygens (including phenoxy) is 3. The van der Waals surface area contributed by atoms with Crippen molar-refractivity contribution in [3.63, 3.8) is 0 Å². The highest BCUT2D eigenvalue weighted by atomic mass is 32.2. The molecule has 1 aromatic carbocycles. The lowest BCUT2D eigenvalue weighted by atomic mass is 10.3. The van der Waals surface area contributed by atoms with Crippen molar-refractivity contribution in [3.05, 3.63) is 29.4 Å². The third-order valence-electron chi connectivity index (χ3n) is 2.01. The van der Waals surface area contributed by atoms with Gasteiger partial charge in [0.2, 0.25) is 0 Å². The summed E-state index contributed by atoms with van der Waals surface area (Å²) in [4.78, 5) is 12.0. The number of carbonyl (C=O) groups is 1. The van der Waals surface area contributed by atoms with Crippen LogP contribution < -0.4 is 9.47 Å². The topological polar surface area (TPSA) is 44.8 Å². The Kier molecular flexibility index (Phi) is 3.05. The van der Waals surface area contributed by atoms with Crippen molar-refractivity contribution < 1.29 is 19.0 Å². The van der Waals surface area contributed by atoms with Gasteiger partial charge in [-0.2, -0.15) is 0 Å². The molecule has 0 amide bonds. The fraction of sp³-hybridized carbons (Fsp3) is 0.182. The van der Waals surface area contributed by atoms with Gasteiger partial charge in [-0.25, -0.2) is 4.79 Å². The number of methoxy groups -OCH3 is 2. The molecule has 0 saturated heterocycles. The maximum Gasteiger partial charge on any atom is 0.334 e. The van der Waals surface area contributed by atoms with Crippen LogP contribution >= 0.6 is 11.8 Å². The van der Waals surface area contributed by atoms with Crippen molar-refractivity contribution >= 4 is 17.7 Å². The maximum atomic E-state index is 11.0. The molecule has 84 valence electrons. The van der Waals surface area contributed by atoms with Crippen LogP contribution in [0.25, 0.3) is 0 Å². The zero-order valence-electron chi connectivity index (χ0n) is 8.85. The first kappa shape index (κ1) is 10.9. The van der Waals surface area contributed by atoms with Crippen molar-refractivity contribution in [2.75, 3.05) is 14.2 Å². The number of carbonyl (C=O) groups excluding carboxylic acids is 1. The highest BCUT2D eigenvalue weighted by Gasteiger charge is 2.20. The summed E-state index contributed by atoms with van der Waals surface area (Å²) in [5, 5.41) is 0.509. The van der Waals surface area contributed by atoms with E-state index in [1.165, 1.54) is 24.9 Å². The Balaban J connectivity index is 2.21. The second kappa shape index (κ2) is 4.49. The molecule has 1 heterocycles. The molecule has 2 rings (SSSR count). The molecule has 1 aliphatic heterocycles. The fourth-order valence-electron chi connectivity index (χ4n) is 1.23. The van der Waals surface area contributed by atoms with E-state index in [1.807, 2.05) is 12.1 Å². The van der Waals surface area contributed by atoms with Gasteiger partial charge in [-0.05, 0) is 23.9 Å². The summed E-state index contributed by atoms with van der Waals surface area (Å²) < 4.78 is 15.1. The molecular formula is C11H10O4S. The van der Waals surface area contributed by atoms with E-state index in [1.54, 1.807) is 13.2 Å². The van der Waals surface area contributed by atoms with Gasteiger partial charge in [0.1, 0.15) is 11.5 Å². The zero-order chi connectivity index (χ0) is 11.5. The smallest absolute Gasteiger partial charge is 0.334 e. The molecule has 0 aliphatic carbocycles. The van der Waals surface area contributed by atoms with Gasteiger partial charge in [-0.15, -0.1) is 0 Å². The second-order valence-corrected chi connectivity index (χ2v) is 4.05. The van der Waals surface area contributed by atoms with Crippen LogP contribution in [-0.2, 0) is 9.53 Å². The Morgan fingerprint density at radius 2 is 2.25 bits per heavy atom. The van der Waals surface area contributed by atoms with Crippen LogP contribution in [0.4, 0.5) is 0 Å². The van der Waals surface area contributed by atoms with Gasteiger partial charge in [-0.3, -0.25) is 0 Å². The summed E-state index contributed by atoms with van der Waals surface area (Å²) in [5.41, 5.74) is 0. The van der Waals surface area contributed by atoms with E-state index < -0.39 is 5.97 Å². The number of esters is 1. The SMILES string of the molecule is COC(=O)/C=C1/Oc2cc(OC)ccc2S1. The summed E-state index contributed by atoms with van der Waals surface area (Å²) in [6.07, 6.45) is 1.32. The largest absolute Gasteiger partial charge is 0.497 e. The van der Waals surface area contributed by atoms with E-state index >= 15 is 0 Å². The standard InChI is InChI=1S/C11H10O4S/c1-13-7-3-4-9-8(5-7)15-11(16-9)6-10(12)14-2/h3-6H,1-2H3/b11-6-. The van der Waals surface area contributed by atoms with E-state index in [0.29, 0.717) is 10.8 Å². The van der Waals surface area contributed by atoms with Gasteiger partial charge >= 0.3 is 5.97 Å². The first-order chi connectivity index (χ1) is 7.72. The van der Waals surface area contributed by atoms with Gasteiger partial charge in [0, 0.05) is 6.07 Å². The van der Waals surface area contributed by atoms with Gasteiger partial charge in [0.15, 0.2) is 5.09 Å². The summed E-state index contributed by atoms with van der Waals surface area (Å²) in [6, 6.07) is 5.51. The molecule has 0 fully saturated rings. The number of benzene rings is 1. The van der Waals surface area contributed by atoms with Crippen molar-refractivity contribution in [1.82, 2.24) is 0 Å². The number of fused-ring (bicyclic) bond motifs is 1. The van der Waals surface area contributed by atoms with Crippen LogP contribution in [0.2, 0.25) is 0 Å². The molecule has 0 atom stereocenters. The Labute approximate surface area is 97.2 Å². The van der Waals surface area contributed by atoms with E-state index in [2.05, 4.69) is 4.74 Å². The molecule has 0 unspecified atom stereocenters. The molecule has 0 saturated carbocycles. The van der Waals surface area contributed by atoms with Crippen LogP contribution in [0.1, 0.15) is 0 Å². The van der Waals surface area contributed by atoms with Gasteiger partial charge in [0.05, 0.1) is 25.2 Å². The number of hydrogen-bond donors (Lipinski definition) is 0. The van der Waals surface area contributed by atoms with Crippen molar-refractivity contribution in [3.8, 4) is 11.5 Å². The van der Waals surface area contributed by atoms with Crippen molar-refractivity contribution in [2.45, 2.75) is 4.90 Å². The zero-order valence-corrected chi connectivity index (χ0v) is 9.67. The monoisotopic (exact) mass is 238 g/mol. The summed E-state index contributed by atoms with van der Waals surface area (Å²) in [7, 11) is 2.92. The lowest BCUT2D eigenvalue weighted by Gasteiger charge is -2.01. The van der Waals surface area contributed by atoms with Crippen LogP contribution in [0, 0.1) is 0 Å². The van der Waals surface area contributed by atoms with E-state index in [9.17, 15) is 4.79 Å². The molecule has 0 spiro atoms. The first-order valence-corrected chi connectivity index (χ1v) is 5.38. The van der Waals surface area contributed by atoms with E-state index in [0.717, 1.165) is 10.6 Å². The molecule has 1 aliphatic rings. The van der Waals surface area contributed by atoms with Crippen LogP contribution in [-0.4, -0.2) is 20.2 Å². The third-order valence-corrected chi connectivity index (χ3v) is 2.97. The molecule has 0 bridgehead atoms. The van der Waals surface area contributed by atoms with Crippen molar-refractivity contribution in [2.24, 2.45) is 0 Å². The lowest BCUT2D eigenvalue weighted by Crippen LogP contribution is -1.97. The molecule has 1 aromatic rings. The first-order valence-electron chi connectivity index (χ1n) is 4.56. The molecular weight excluding hydrogens is 228 g/mol. The highest BCUT2D eigenvalue weighted by Crippen LogP contribution is 2.44. The molecule has 16 heavy (non-hydrogen) atoms.